The van der Waals surface area contributed by atoms with E-state index in [4.69, 9.17) is 5.84 Å². The van der Waals surface area contributed by atoms with Crippen LogP contribution in [0.15, 0.2) is 0 Å². The molecule has 3 N–H and O–H groups in total. The summed E-state index contributed by atoms with van der Waals surface area (Å²) in [7, 11) is 2.11. The summed E-state index contributed by atoms with van der Waals surface area (Å²) >= 11 is 0. The number of likely N-dealkylation sites (tertiary alicyclic amines) is 1. The molecule has 0 aromatic heterocycles. The molecule has 13 heavy (non-hydrogen) atoms. The van der Waals surface area contributed by atoms with E-state index in [0.29, 0.717) is 12.3 Å². The van der Waals surface area contributed by atoms with Crippen molar-refractivity contribution in [2.24, 2.45) is 11.8 Å². The number of hydrogen-bond donors (Lipinski definition) is 2. The summed E-state index contributed by atoms with van der Waals surface area (Å²) in [6.07, 6.45) is 4.20. The van der Waals surface area contributed by atoms with Crippen LogP contribution >= 0.6 is 0 Å². The molecule has 76 valence electrons. The largest absolute Gasteiger partial charge is 0.306 e. The zero-order valence-corrected chi connectivity index (χ0v) is 8.25. The minimum Gasteiger partial charge on any atom is -0.306 e. The van der Waals surface area contributed by atoms with Gasteiger partial charge in [-0.3, -0.25) is 10.2 Å². The number of nitrogens with one attached hydrogen (secondary N) is 1. The highest BCUT2D eigenvalue weighted by molar-refractivity contribution is 5.75. The number of carbonyl (C=O) groups excluding carboxylic acids is 1. The normalized spacial score (nSPS) is 25.2. The summed E-state index contributed by atoms with van der Waals surface area (Å²) in [5, 5.41) is 0. The van der Waals surface area contributed by atoms with Gasteiger partial charge in [0, 0.05) is 13.0 Å². The van der Waals surface area contributed by atoms with Gasteiger partial charge in [0.2, 0.25) is 5.91 Å². The molecule has 0 aromatic carbocycles. The van der Waals surface area contributed by atoms with Crippen LogP contribution in [-0.2, 0) is 4.79 Å². The van der Waals surface area contributed by atoms with E-state index in [9.17, 15) is 4.79 Å². The monoisotopic (exact) mass is 185 g/mol. The molecule has 1 aliphatic rings. The van der Waals surface area contributed by atoms with Crippen molar-refractivity contribution in [2.45, 2.75) is 25.7 Å². The summed E-state index contributed by atoms with van der Waals surface area (Å²) in [6, 6.07) is 0. The van der Waals surface area contributed by atoms with Gasteiger partial charge in [-0.05, 0) is 32.4 Å². The van der Waals surface area contributed by atoms with Gasteiger partial charge in [0.1, 0.15) is 0 Å². The van der Waals surface area contributed by atoms with E-state index in [2.05, 4.69) is 17.4 Å². The molecule has 0 aromatic rings. The van der Waals surface area contributed by atoms with Crippen molar-refractivity contribution < 1.29 is 4.79 Å². The molecule has 1 saturated heterocycles. The van der Waals surface area contributed by atoms with Gasteiger partial charge >= 0.3 is 0 Å². The van der Waals surface area contributed by atoms with Crippen LogP contribution in [-0.4, -0.2) is 30.9 Å². The lowest BCUT2D eigenvalue weighted by Crippen LogP contribution is -2.33. The minimum absolute atomic E-state index is 0.0414. The second kappa shape index (κ2) is 5.19. The average Bonchev–Trinajstić information content (AvgIpc) is 2.30. The van der Waals surface area contributed by atoms with E-state index in [-0.39, 0.29) is 5.91 Å². The van der Waals surface area contributed by atoms with Gasteiger partial charge in [-0.25, -0.2) is 5.84 Å². The first kappa shape index (κ1) is 10.5. The zero-order valence-electron chi connectivity index (χ0n) is 8.25. The fourth-order valence-corrected chi connectivity index (χ4v) is 1.93. The Kier molecular flexibility index (Phi) is 4.18. The minimum atomic E-state index is -0.0414. The lowest BCUT2D eigenvalue weighted by molar-refractivity contribution is -0.122. The van der Waals surface area contributed by atoms with Crippen molar-refractivity contribution in [3.05, 3.63) is 0 Å². The molecule has 1 atom stereocenters. The van der Waals surface area contributed by atoms with Crippen LogP contribution in [0.4, 0.5) is 0 Å². The van der Waals surface area contributed by atoms with Crippen molar-refractivity contribution in [1.29, 1.82) is 0 Å². The Morgan fingerprint density at radius 1 is 1.62 bits per heavy atom. The first-order chi connectivity index (χ1) is 6.22. The van der Waals surface area contributed by atoms with Crippen LogP contribution in [0.5, 0.6) is 0 Å². The van der Waals surface area contributed by atoms with E-state index >= 15 is 0 Å². The zero-order chi connectivity index (χ0) is 9.68. The van der Waals surface area contributed by atoms with Crippen molar-refractivity contribution in [2.75, 3.05) is 20.1 Å². The fourth-order valence-electron chi connectivity index (χ4n) is 1.93. The Morgan fingerprint density at radius 3 is 3.08 bits per heavy atom. The smallest absolute Gasteiger partial charge is 0.234 e. The number of hydrogen-bond acceptors (Lipinski definition) is 3. The van der Waals surface area contributed by atoms with Gasteiger partial charge in [-0.1, -0.05) is 6.42 Å². The maximum Gasteiger partial charge on any atom is 0.234 e. The molecule has 0 aliphatic carbocycles. The predicted octanol–water partition coefficient (Wildman–Crippen LogP) is 0.0983. The Balaban J connectivity index is 2.34. The highest BCUT2D eigenvalue weighted by Gasteiger charge is 2.17. The van der Waals surface area contributed by atoms with Gasteiger partial charge in [0.15, 0.2) is 0 Å². The number of hydrazine groups is 1. The highest BCUT2D eigenvalue weighted by Crippen LogP contribution is 2.17. The molecule has 1 heterocycles. The first-order valence-corrected chi connectivity index (χ1v) is 4.90. The van der Waals surface area contributed by atoms with Crippen LogP contribution in [0.3, 0.4) is 0 Å². The number of rotatable bonds is 2. The quantitative estimate of drug-likeness (QED) is 0.364. The summed E-state index contributed by atoms with van der Waals surface area (Å²) in [5.41, 5.74) is 2.19. The third-order valence-electron chi connectivity index (χ3n) is 2.61. The molecule has 4 nitrogen and oxygen atoms in total. The van der Waals surface area contributed by atoms with Crippen LogP contribution in [0.25, 0.3) is 0 Å². The molecule has 1 amide bonds. The van der Waals surface area contributed by atoms with E-state index in [0.717, 1.165) is 19.5 Å². The molecule has 0 spiro atoms. The maximum atomic E-state index is 11.0. The molecule has 0 saturated carbocycles. The van der Waals surface area contributed by atoms with E-state index in [1.165, 1.54) is 12.8 Å². The Hall–Kier alpha value is -0.610. The predicted molar refractivity (Wildman–Crippen MR) is 51.8 cm³/mol. The van der Waals surface area contributed by atoms with E-state index < -0.39 is 0 Å². The van der Waals surface area contributed by atoms with Crippen LogP contribution in [0.1, 0.15) is 25.7 Å². The van der Waals surface area contributed by atoms with Gasteiger partial charge in [0.25, 0.3) is 0 Å². The van der Waals surface area contributed by atoms with Crippen molar-refractivity contribution in [3.63, 3.8) is 0 Å². The van der Waals surface area contributed by atoms with Gasteiger partial charge in [-0.15, -0.1) is 0 Å². The Bertz CT molecular complexity index is 172. The Labute approximate surface area is 79.4 Å². The lowest BCUT2D eigenvalue weighted by Gasteiger charge is -2.18. The van der Waals surface area contributed by atoms with Crippen molar-refractivity contribution in [3.8, 4) is 0 Å². The second-order valence-corrected chi connectivity index (χ2v) is 3.90. The SMILES string of the molecule is CN1CCCCC(CC(=O)NN)C1. The molecular formula is C9H19N3O. The fraction of sp³-hybridized carbons (Fsp3) is 0.889. The summed E-state index contributed by atoms with van der Waals surface area (Å²) < 4.78 is 0. The summed E-state index contributed by atoms with van der Waals surface area (Å²) in [6.45, 7) is 2.17. The van der Waals surface area contributed by atoms with Crippen molar-refractivity contribution in [1.82, 2.24) is 10.3 Å². The van der Waals surface area contributed by atoms with Gasteiger partial charge in [0.05, 0.1) is 0 Å². The molecular weight excluding hydrogens is 166 g/mol. The standard InChI is InChI=1S/C9H19N3O/c1-12-5-3-2-4-8(7-12)6-9(13)11-10/h8H,2-7,10H2,1H3,(H,11,13). The highest BCUT2D eigenvalue weighted by atomic mass is 16.2. The molecule has 4 heteroatoms. The summed E-state index contributed by atoms with van der Waals surface area (Å²) in [5.74, 6) is 5.49. The van der Waals surface area contributed by atoms with Crippen LogP contribution in [0.2, 0.25) is 0 Å². The molecule has 1 fully saturated rings. The van der Waals surface area contributed by atoms with Gasteiger partial charge in [-0.2, -0.15) is 0 Å². The Morgan fingerprint density at radius 2 is 2.38 bits per heavy atom. The van der Waals surface area contributed by atoms with E-state index in [1.807, 2.05) is 0 Å². The number of carbonyl (C=O) groups is 1. The van der Waals surface area contributed by atoms with Crippen molar-refractivity contribution >= 4 is 5.91 Å². The molecule has 0 radical (unpaired) electrons. The molecule has 0 bridgehead atoms. The maximum absolute atomic E-state index is 11.0. The number of amides is 1. The topological polar surface area (TPSA) is 58.4 Å². The number of nitrogens with zero attached hydrogens (tertiary/aromatic N) is 1. The lowest BCUT2D eigenvalue weighted by atomic mass is 9.99. The van der Waals surface area contributed by atoms with E-state index in [1.54, 1.807) is 0 Å². The average molecular weight is 185 g/mol. The van der Waals surface area contributed by atoms with Crippen LogP contribution in [0, 0.1) is 5.92 Å². The third kappa shape index (κ3) is 3.74. The summed E-state index contributed by atoms with van der Waals surface area (Å²) in [4.78, 5) is 13.3. The second-order valence-electron chi connectivity index (χ2n) is 3.90. The third-order valence-corrected chi connectivity index (χ3v) is 2.61. The molecule has 1 rings (SSSR count). The first-order valence-electron chi connectivity index (χ1n) is 4.90. The number of nitrogens with two attached hydrogens (primary N) is 1. The molecule has 1 aliphatic heterocycles. The molecule has 1 unspecified atom stereocenters. The van der Waals surface area contributed by atoms with Crippen LogP contribution < -0.4 is 11.3 Å². The van der Waals surface area contributed by atoms with Gasteiger partial charge < -0.3 is 4.90 Å².